The van der Waals surface area contributed by atoms with Crippen LogP contribution < -0.4 is 4.74 Å². The minimum Gasteiger partial charge on any atom is -0.490 e. The first-order valence-corrected chi connectivity index (χ1v) is 8.28. The Morgan fingerprint density at radius 1 is 1.09 bits per heavy atom. The number of ether oxygens (including phenoxy) is 1. The predicted molar refractivity (Wildman–Crippen MR) is 81.3 cm³/mol. The molecule has 0 unspecified atom stereocenters. The Hall–Kier alpha value is -2.85. The fourth-order valence-corrected chi connectivity index (χ4v) is 3.93. The van der Waals surface area contributed by atoms with E-state index in [-0.39, 0.29) is 23.6 Å². The molecule has 1 heterocycles. The number of fused-ring (bicyclic) bond motifs is 1. The first-order chi connectivity index (χ1) is 11.1. The third-order valence-corrected chi connectivity index (χ3v) is 5.31. The molecule has 1 amide bonds. The topological polar surface area (TPSA) is 87.5 Å². The molecule has 0 saturated carbocycles. The lowest BCUT2D eigenvalue weighted by atomic mass is 10.2. The lowest BCUT2D eigenvalue weighted by molar-refractivity contribution is 0.0857. The van der Waals surface area contributed by atoms with Crippen LogP contribution in [0.4, 0.5) is 0 Å². The second-order valence-electron chi connectivity index (χ2n) is 4.83. The van der Waals surface area contributed by atoms with E-state index in [1.54, 1.807) is 36.4 Å². The minimum atomic E-state index is -3.83. The second kappa shape index (κ2) is 5.74. The smallest absolute Gasteiger partial charge is 0.269 e. The number of benzene rings is 2. The van der Waals surface area contributed by atoms with Crippen molar-refractivity contribution < 1.29 is 17.9 Å². The highest BCUT2D eigenvalue weighted by molar-refractivity contribution is 7.90. The zero-order chi connectivity index (χ0) is 16.4. The van der Waals surface area contributed by atoms with Gasteiger partial charge in [-0.15, -0.1) is 0 Å². The summed E-state index contributed by atoms with van der Waals surface area (Å²) in [6.07, 6.45) is 0. The number of sulfonamides is 1. The van der Waals surface area contributed by atoms with Crippen LogP contribution in [0, 0.1) is 11.3 Å². The van der Waals surface area contributed by atoms with E-state index in [4.69, 9.17) is 10.00 Å². The van der Waals surface area contributed by atoms with Gasteiger partial charge in [-0.3, -0.25) is 4.79 Å². The van der Waals surface area contributed by atoms with E-state index in [1.807, 2.05) is 6.07 Å². The zero-order valence-corrected chi connectivity index (χ0v) is 12.8. The van der Waals surface area contributed by atoms with Crippen LogP contribution in [0.2, 0.25) is 0 Å². The van der Waals surface area contributed by atoms with Gasteiger partial charge in [0.1, 0.15) is 23.3 Å². The van der Waals surface area contributed by atoms with Gasteiger partial charge in [0.2, 0.25) is 0 Å². The number of hydrogen-bond acceptors (Lipinski definition) is 5. The molecule has 0 fully saturated rings. The highest BCUT2D eigenvalue weighted by atomic mass is 32.2. The average Bonchev–Trinajstić information content (AvgIpc) is 2.76. The monoisotopic (exact) mass is 328 g/mol. The number of rotatable bonds is 4. The maximum atomic E-state index is 12.4. The molecular formula is C16H12N2O4S. The van der Waals surface area contributed by atoms with Crippen LogP contribution in [0.1, 0.15) is 15.9 Å². The number of carbonyl (C=O) groups is 1. The SMILES string of the molecule is N#Cc1ccccc1OCCN1C(=O)c2ccccc2S1(=O)=O. The van der Waals surface area contributed by atoms with Crippen molar-refractivity contribution in [3.05, 3.63) is 59.7 Å². The van der Waals surface area contributed by atoms with E-state index < -0.39 is 15.9 Å². The van der Waals surface area contributed by atoms with Gasteiger partial charge in [-0.05, 0) is 24.3 Å². The van der Waals surface area contributed by atoms with Crippen LogP contribution in [0.5, 0.6) is 5.75 Å². The van der Waals surface area contributed by atoms with Crippen LogP contribution in [0.3, 0.4) is 0 Å². The van der Waals surface area contributed by atoms with Crippen molar-refractivity contribution in [3.8, 4) is 11.8 Å². The summed E-state index contributed by atoms with van der Waals surface area (Å²) in [5.41, 5.74) is 0.524. The van der Waals surface area contributed by atoms with E-state index in [2.05, 4.69) is 0 Å². The van der Waals surface area contributed by atoms with Gasteiger partial charge in [-0.2, -0.15) is 5.26 Å². The van der Waals surface area contributed by atoms with Crippen LogP contribution in [-0.2, 0) is 10.0 Å². The van der Waals surface area contributed by atoms with Gasteiger partial charge >= 0.3 is 0 Å². The molecule has 6 nitrogen and oxygen atoms in total. The summed E-state index contributed by atoms with van der Waals surface area (Å²) >= 11 is 0. The second-order valence-corrected chi connectivity index (χ2v) is 6.67. The number of nitrogens with zero attached hydrogens (tertiary/aromatic N) is 2. The summed E-state index contributed by atoms with van der Waals surface area (Å²) in [6.45, 7) is -0.146. The summed E-state index contributed by atoms with van der Waals surface area (Å²) in [6, 6.07) is 14.7. The molecule has 116 valence electrons. The first-order valence-electron chi connectivity index (χ1n) is 6.84. The molecular weight excluding hydrogens is 316 g/mol. The summed E-state index contributed by atoms with van der Waals surface area (Å²) in [5, 5.41) is 8.98. The lowest BCUT2D eigenvalue weighted by Gasteiger charge is -2.15. The predicted octanol–water partition coefficient (Wildman–Crippen LogP) is 1.78. The highest BCUT2D eigenvalue weighted by Crippen LogP contribution is 2.29. The molecule has 2 aromatic carbocycles. The molecule has 23 heavy (non-hydrogen) atoms. The fourth-order valence-electron chi connectivity index (χ4n) is 2.38. The van der Waals surface area contributed by atoms with Crippen molar-refractivity contribution in [2.24, 2.45) is 0 Å². The maximum Gasteiger partial charge on any atom is 0.269 e. The molecule has 0 spiro atoms. The molecule has 3 rings (SSSR count). The van der Waals surface area contributed by atoms with Gasteiger partial charge in [-0.1, -0.05) is 24.3 Å². The Kier molecular flexibility index (Phi) is 3.76. The summed E-state index contributed by atoms with van der Waals surface area (Å²) in [5.74, 6) is -0.200. The number of nitriles is 1. The number of para-hydroxylation sites is 1. The molecule has 0 radical (unpaired) electrons. The minimum absolute atomic E-state index is 0.0161. The molecule has 0 bridgehead atoms. The van der Waals surface area contributed by atoms with Gasteiger partial charge in [0.05, 0.1) is 17.7 Å². The van der Waals surface area contributed by atoms with E-state index in [0.717, 1.165) is 4.31 Å². The van der Waals surface area contributed by atoms with Crippen molar-refractivity contribution in [1.29, 1.82) is 5.26 Å². The highest BCUT2D eigenvalue weighted by Gasteiger charge is 2.40. The molecule has 0 aliphatic carbocycles. The normalized spacial score (nSPS) is 15.1. The molecule has 1 aliphatic heterocycles. The fraction of sp³-hybridized carbons (Fsp3) is 0.125. The maximum absolute atomic E-state index is 12.4. The van der Waals surface area contributed by atoms with Crippen molar-refractivity contribution in [1.82, 2.24) is 4.31 Å². The Labute approximate surface area is 133 Å². The van der Waals surface area contributed by atoms with Crippen LogP contribution in [-0.4, -0.2) is 31.8 Å². The Balaban J connectivity index is 1.75. The Bertz CT molecular complexity index is 916. The van der Waals surface area contributed by atoms with E-state index in [9.17, 15) is 13.2 Å². The van der Waals surface area contributed by atoms with Gasteiger partial charge < -0.3 is 4.74 Å². The first kappa shape index (κ1) is 15.1. The third kappa shape index (κ3) is 2.53. The molecule has 0 saturated heterocycles. The molecule has 0 aromatic heterocycles. The van der Waals surface area contributed by atoms with Gasteiger partial charge in [-0.25, -0.2) is 12.7 Å². The van der Waals surface area contributed by atoms with Crippen molar-refractivity contribution in [2.75, 3.05) is 13.2 Å². The molecule has 0 atom stereocenters. The van der Waals surface area contributed by atoms with Crippen LogP contribution in [0.15, 0.2) is 53.4 Å². The van der Waals surface area contributed by atoms with Crippen molar-refractivity contribution >= 4 is 15.9 Å². The third-order valence-electron chi connectivity index (χ3n) is 3.47. The van der Waals surface area contributed by atoms with Gasteiger partial charge in [0.15, 0.2) is 0 Å². The lowest BCUT2D eigenvalue weighted by Crippen LogP contribution is -2.33. The van der Waals surface area contributed by atoms with Crippen LogP contribution in [0.25, 0.3) is 0 Å². The van der Waals surface area contributed by atoms with Gasteiger partial charge in [0.25, 0.3) is 15.9 Å². The van der Waals surface area contributed by atoms with E-state index in [1.165, 1.54) is 12.1 Å². The number of hydrogen-bond donors (Lipinski definition) is 0. The van der Waals surface area contributed by atoms with E-state index in [0.29, 0.717) is 11.3 Å². The van der Waals surface area contributed by atoms with Crippen molar-refractivity contribution in [2.45, 2.75) is 4.90 Å². The molecule has 1 aliphatic rings. The molecule has 2 aromatic rings. The number of carbonyl (C=O) groups excluding carboxylic acids is 1. The Morgan fingerprint density at radius 3 is 2.52 bits per heavy atom. The molecule has 0 N–H and O–H groups in total. The van der Waals surface area contributed by atoms with E-state index >= 15 is 0 Å². The largest absolute Gasteiger partial charge is 0.490 e. The average molecular weight is 328 g/mol. The quantitative estimate of drug-likeness (QED) is 0.854. The summed E-state index contributed by atoms with van der Waals surface area (Å²) < 4.78 is 31.0. The van der Waals surface area contributed by atoms with Crippen LogP contribution >= 0.6 is 0 Å². The Morgan fingerprint density at radius 2 is 1.78 bits per heavy atom. The zero-order valence-electron chi connectivity index (χ0n) is 12.0. The summed E-state index contributed by atoms with van der Waals surface area (Å²) in [7, 11) is -3.83. The standard InChI is InChI=1S/C16H12N2O4S/c17-11-12-5-1-3-7-14(12)22-10-9-18-16(19)13-6-2-4-8-15(13)23(18,20)21/h1-8H,9-10H2. The molecule has 7 heteroatoms. The van der Waals surface area contributed by atoms with Gasteiger partial charge in [0, 0.05) is 0 Å². The van der Waals surface area contributed by atoms with Crippen molar-refractivity contribution in [3.63, 3.8) is 0 Å². The summed E-state index contributed by atoms with van der Waals surface area (Å²) in [4.78, 5) is 12.2. The number of amides is 1.